The number of hydrogen-bond donors (Lipinski definition) is 2. The van der Waals surface area contributed by atoms with E-state index in [1.165, 1.54) is 16.8 Å². The Morgan fingerprint density at radius 3 is 3.00 bits per heavy atom. The van der Waals surface area contributed by atoms with Crippen molar-refractivity contribution in [3.63, 3.8) is 0 Å². The molecule has 7 heteroatoms. The first-order valence-corrected chi connectivity index (χ1v) is 6.04. The summed E-state index contributed by atoms with van der Waals surface area (Å²) in [6.45, 7) is 2.81. The average molecular weight is 261 g/mol. The fourth-order valence-electron chi connectivity index (χ4n) is 1.59. The summed E-state index contributed by atoms with van der Waals surface area (Å²) in [5.41, 5.74) is 0.903. The Kier molecular flexibility index (Phi) is 4.07. The number of hydrogen-bond acceptors (Lipinski definition) is 4. The van der Waals surface area contributed by atoms with E-state index in [0.717, 1.165) is 12.0 Å². The normalized spacial score (nSPS) is 10.4. The second-order valence-electron chi connectivity index (χ2n) is 4.07. The lowest BCUT2D eigenvalue weighted by Gasteiger charge is -2.06. The molecule has 0 radical (unpaired) electrons. The zero-order valence-corrected chi connectivity index (χ0v) is 10.6. The summed E-state index contributed by atoms with van der Waals surface area (Å²) in [6.07, 6.45) is 4.12. The van der Waals surface area contributed by atoms with E-state index < -0.39 is 0 Å². The van der Waals surface area contributed by atoms with Crippen LogP contribution in [0.4, 0.5) is 0 Å². The van der Waals surface area contributed by atoms with Gasteiger partial charge in [0.1, 0.15) is 5.69 Å². The van der Waals surface area contributed by atoms with Crippen LogP contribution < -0.4 is 10.9 Å². The van der Waals surface area contributed by atoms with Gasteiger partial charge in [0, 0.05) is 30.9 Å². The average Bonchev–Trinajstić information content (AvgIpc) is 2.92. The lowest BCUT2D eigenvalue weighted by atomic mass is 10.3. The topological polar surface area (TPSA) is 92.7 Å². The lowest BCUT2D eigenvalue weighted by Crippen LogP contribution is -2.29. The van der Waals surface area contributed by atoms with E-state index in [9.17, 15) is 9.59 Å². The Balaban J connectivity index is 2.06. The van der Waals surface area contributed by atoms with Gasteiger partial charge in [-0.25, -0.2) is 4.68 Å². The number of amides is 1. The first kappa shape index (κ1) is 13.0. The summed E-state index contributed by atoms with van der Waals surface area (Å²) < 4.78 is 1.30. The standard InChI is InChI=1S/C12H15N5O2/c1-2-5-17-11(18)4-3-10(16-17)12(19)13-6-9-7-14-15-8-9/h3-4,7-8H,2,5-6H2,1H3,(H,13,19)(H,14,15). The molecule has 2 aromatic heterocycles. The van der Waals surface area contributed by atoms with Gasteiger partial charge in [0.15, 0.2) is 0 Å². The number of aromatic amines is 1. The molecule has 0 fully saturated rings. The van der Waals surface area contributed by atoms with Crippen molar-refractivity contribution < 1.29 is 4.79 Å². The molecule has 2 N–H and O–H groups in total. The maximum atomic E-state index is 11.9. The van der Waals surface area contributed by atoms with E-state index in [2.05, 4.69) is 20.6 Å². The Morgan fingerprint density at radius 2 is 2.32 bits per heavy atom. The van der Waals surface area contributed by atoms with Crippen LogP contribution in [0.5, 0.6) is 0 Å². The van der Waals surface area contributed by atoms with E-state index in [1.807, 2.05) is 6.92 Å². The number of rotatable bonds is 5. The third kappa shape index (κ3) is 3.27. The largest absolute Gasteiger partial charge is 0.346 e. The van der Waals surface area contributed by atoms with Gasteiger partial charge in [0.2, 0.25) is 0 Å². The molecule has 0 saturated carbocycles. The molecule has 2 aromatic rings. The molecule has 0 aliphatic rings. The summed E-state index contributed by atoms with van der Waals surface area (Å²) in [5, 5.41) is 13.2. The molecule has 0 atom stereocenters. The smallest absolute Gasteiger partial charge is 0.271 e. The number of nitrogens with zero attached hydrogens (tertiary/aromatic N) is 3. The summed E-state index contributed by atoms with van der Waals surface area (Å²) in [6, 6.07) is 2.79. The molecule has 0 aliphatic heterocycles. The van der Waals surface area contributed by atoms with Gasteiger partial charge < -0.3 is 5.32 Å². The fraction of sp³-hybridized carbons (Fsp3) is 0.333. The third-order valence-corrected chi connectivity index (χ3v) is 2.54. The van der Waals surface area contributed by atoms with Crippen LogP contribution in [0.2, 0.25) is 0 Å². The molecule has 0 unspecified atom stereocenters. The van der Waals surface area contributed by atoms with Gasteiger partial charge in [-0.1, -0.05) is 6.92 Å². The fourth-order valence-corrected chi connectivity index (χ4v) is 1.59. The predicted molar refractivity (Wildman–Crippen MR) is 68.5 cm³/mol. The van der Waals surface area contributed by atoms with Crippen LogP contribution in [0.3, 0.4) is 0 Å². The number of carbonyl (C=O) groups is 1. The van der Waals surface area contributed by atoms with Gasteiger partial charge in [-0.3, -0.25) is 14.7 Å². The van der Waals surface area contributed by atoms with E-state index in [1.54, 1.807) is 12.4 Å². The molecule has 0 aromatic carbocycles. The van der Waals surface area contributed by atoms with Crippen LogP contribution in [-0.2, 0) is 13.1 Å². The van der Waals surface area contributed by atoms with Gasteiger partial charge in [-0.2, -0.15) is 10.2 Å². The second-order valence-corrected chi connectivity index (χ2v) is 4.07. The monoisotopic (exact) mass is 261 g/mol. The molecule has 0 aliphatic carbocycles. The SMILES string of the molecule is CCCn1nc(C(=O)NCc2cn[nH]c2)ccc1=O. The molecule has 7 nitrogen and oxygen atoms in total. The Hall–Kier alpha value is -2.44. The van der Waals surface area contributed by atoms with Crippen molar-refractivity contribution in [3.05, 3.63) is 46.1 Å². The molecular weight excluding hydrogens is 246 g/mol. The zero-order valence-electron chi connectivity index (χ0n) is 10.6. The van der Waals surface area contributed by atoms with Crippen LogP contribution in [0.1, 0.15) is 29.4 Å². The highest BCUT2D eigenvalue weighted by molar-refractivity contribution is 5.91. The van der Waals surface area contributed by atoms with Gasteiger partial charge >= 0.3 is 0 Å². The molecular formula is C12H15N5O2. The van der Waals surface area contributed by atoms with Gasteiger partial charge in [-0.15, -0.1) is 0 Å². The third-order valence-electron chi connectivity index (χ3n) is 2.54. The summed E-state index contributed by atoms with van der Waals surface area (Å²) in [4.78, 5) is 23.4. The van der Waals surface area contributed by atoms with Crippen LogP contribution in [-0.4, -0.2) is 25.9 Å². The summed E-state index contributed by atoms with van der Waals surface area (Å²) in [7, 11) is 0. The number of aryl methyl sites for hydroxylation is 1. The van der Waals surface area contributed by atoms with Gasteiger partial charge in [-0.05, 0) is 12.5 Å². The highest BCUT2D eigenvalue weighted by atomic mass is 16.2. The van der Waals surface area contributed by atoms with E-state index >= 15 is 0 Å². The quantitative estimate of drug-likeness (QED) is 0.810. The Morgan fingerprint density at radius 1 is 1.47 bits per heavy atom. The molecule has 0 bridgehead atoms. The number of H-pyrrole nitrogens is 1. The van der Waals surface area contributed by atoms with E-state index in [-0.39, 0.29) is 17.2 Å². The van der Waals surface area contributed by atoms with Crippen molar-refractivity contribution in [3.8, 4) is 0 Å². The lowest BCUT2D eigenvalue weighted by molar-refractivity contribution is 0.0943. The molecule has 19 heavy (non-hydrogen) atoms. The van der Waals surface area contributed by atoms with E-state index in [0.29, 0.717) is 13.1 Å². The highest BCUT2D eigenvalue weighted by Gasteiger charge is 2.09. The van der Waals surface area contributed by atoms with Crippen LogP contribution in [0.15, 0.2) is 29.3 Å². The predicted octanol–water partition coefficient (Wildman–Crippen LogP) is 0.306. The first-order valence-electron chi connectivity index (χ1n) is 6.04. The molecule has 2 heterocycles. The number of nitrogens with one attached hydrogen (secondary N) is 2. The minimum Gasteiger partial charge on any atom is -0.346 e. The van der Waals surface area contributed by atoms with Crippen molar-refractivity contribution >= 4 is 5.91 Å². The summed E-state index contributed by atoms with van der Waals surface area (Å²) >= 11 is 0. The Bertz CT molecular complexity index is 603. The van der Waals surface area contributed by atoms with Crippen molar-refractivity contribution in [2.24, 2.45) is 0 Å². The molecule has 100 valence electrons. The van der Waals surface area contributed by atoms with Crippen molar-refractivity contribution in [1.29, 1.82) is 0 Å². The number of aromatic nitrogens is 4. The first-order chi connectivity index (χ1) is 9.20. The van der Waals surface area contributed by atoms with Gasteiger partial charge in [0.25, 0.3) is 11.5 Å². The van der Waals surface area contributed by atoms with Gasteiger partial charge in [0.05, 0.1) is 6.20 Å². The number of carbonyl (C=O) groups excluding carboxylic acids is 1. The maximum absolute atomic E-state index is 11.9. The minimum atomic E-state index is -0.314. The Labute approximate surface area is 109 Å². The van der Waals surface area contributed by atoms with Crippen LogP contribution in [0.25, 0.3) is 0 Å². The zero-order chi connectivity index (χ0) is 13.7. The maximum Gasteiger partial charge on any atom is 0.271 e. The molecule has 2 rings (SSSR count). The van der Waals surface area contributed by atoms with Crippen molar-refractivity contribution in [1.82, 2.24) is 25.3 Å². The van der Waals surface area contributed by atoms with Crippen LogP contribution >= 0.6 is 0 Å². The van der Waals surface area contributed by atoms with E-state index in [4.69, 9.17) is 0 Å². The van der Waals surface area contributed by atoms with Crippen LogP contribution in [0, 0.1) is 0 Å². The molecule has 0 saturated heterocycles. The highest BCUT2D eigenvalue weighted by Crippen LogP contribution is 1.96. The minimum absolute atomic E-state index is 0.201. The molecule has 0 spiro atoms. The van der Waals surface area contributed by atoms with Crippen molar-refractivity contribution in [2.45, 2.75) is 26.4 Å². The second kappa shape index (κ2) is 5.94. The molecule has 1 amide bonds. The summed E-state index contributed by atoms with van der Waals surface area (Å²) in [5.74, 6) is -0.314. The van der Waals surface area contributed by atoms with Crippen molar-refractivity contribution in [2.75, 3.05) is 0 Å².